The van der Waals surface area contributed by atoms with Crippen LogP contribution in [0.2, 0.25) is 0 Å². The molecule has 190 valence electrons. The van der Waals surface area contributed by atoms with Gasteiger partial charge in [0.15, 0.2) is 0 Å². The summed E-state index contributed by atoms with van der Waals surface area (Å²) in [6.45, 7) is 16.9. The summed E-state index contributed by atoms with van der Waals surface area (Å²) in [7, 11) is 0. The molecule has 5 aliphatic carbocycles. The fraction of sp³-hybridized carbons (Fsp3) is 0.900. The molecular weight excluding hydrogens is 422 g/mol. The van der Waals surface area contributed by atoms with Crippen LogP contribution in [0.4, 0.5) is 0 Å². The Hall–Kier alpha value is -1.19. The number of aliphatic carboxylic acids is 1. The third-order valence-corrected chi connectivity index (χ3v) is 13.2. The van der Waals surface area contributed by atoms with Crippen LogP contribution in [0.3, 0.4) is 0 Å². The second kappa shape index (κ2) is 7.19. The van der Waals surface area contributed by atoms with Gasteiger partial charge in [0.25, 0.3) is 0 Å². The zero-order chi connectivity index (χ0) is 24.9. The van der Waals surface area contributed by atoms with E-state index < -0.39 is 11.4 Å². The number of hydrogen-bond donors (Lipinski definition) is 1. The van der Waals surface area contributed by atoms with E-state index in [2.05, 4.69) is 59.7 Å². The molecule has 0 heterocycles. The van der Waals surface area contributed by atoms with Gasteiger partial charge < -0.3 is 5.11 Å². The SMILES string of the molecule is CC1(C)CC[C@]2(C(=O)O)CC[C@]3(C)C(=CCC4[C@@]5(C)CCC(N=O)C(C)(C)C5CC[C@]43C)[C@@H]2C1. The van der Waals surface area contributed by atoms with Crippen molar-refractivity contribution in [3.63, 3.8) is 0 Å². The van der Waals surface area contributed by atoms with Gasteiger partial charge in [0.2, 0.25) is 0 Å². The van der Waals surface area contributed by atoms with Crippen molar-refractivity contribution in [2.75, 3.05) is 0 Å². The van der Waals surface area contributed by atoms with Crippen LogP contribution in [0.5, 0.6) is 0 Å². The highest BCUT2D eigenvalue weighted by Gasteiger charge is 2.69. The van der Waals surface area contributed by atoms with Crippen LogP contribution in [0.1, 0.15) is 113 Å². The van der Waals surface area contributed by atoms with Gasteiger partial charge in [-0.25, -0.2) is 0 Å². The average Bonchev–Trinajstić information content (AvgIpc) is 2.73. The van der Waals surface area contributed by atoms with Gasteiger partial charge >= 0.3 is 5.97 Å². The number of carboxylic acids is 1. The van der Waals surface area contributed by atoms with E-state index in [0.29, 0.717) is 11.8 Å². The number of rotatable bonds is 2. The summed E-state index contributed by atoms with van der Waals surface area (Å²) >= 11 is 0. The van der Waals surface area contributed by atoms with E-state index in [0.717, 1.165) is 57.8 Å². The highest BCUT2D eigenvalue weighted by Crippen LogP contribution is 2.75. The summed E-state index contributed by atoms with van der Waals surface area (Å²) in [4.78, 5) is 24.5. The van der Waals surface area contributed by atoms with Crippen LogP contribution in [0.25, 0.3) is 0 Å². The van der Waals surface area contributed by atoms with Crippen LogP contribution in [0.15, 0.2) is 16.8 Å². The monoisotopic (exact) mass is 469 g/mol. The predicted octanol–water partition coefficient (Wildman–Crippen LogP) is 8.01. The topological polar surface area (TPSA) is 66.7 Å². The van der Waals surface area contributed by atoms with Gasteiger partial charge in [0.1, 0.15) is 0 Å². The Morgan fingerprint density at radius 3 is 2.24 bits per heavy atom. The third kappa shape index (κ3) is 2.86. The maximum atomic E-state index is 12.8. The van der Waals surface area contributed by atoms with E-state index >= 15 is 0 Å². The summed E-state index contributed by atoms with van der Waals surface area (Å²) in [6, 6.07) is -0.0736. The first-order valence-corrected chi connectivity index (χ1v) is 13.9. The van der Waals surface area contributed by atoms with E-state index in [9.17, 15) is 14.8 Å². The van der Waals surface area contributed by atoms with E-state index in [-0.39, 0.29) is 39.0 Å². The Morgan fingerprint density at radius 1 is 0.912 bits per heavy atom. The highest BCUT2D eigenvalue weighted by molar-refractivity contribution is 5.76. The number of hydrogen-bond acceptors (Lipinski definition) is 3. The van der Waals surface area contributed by atoms with Crippen molar-refractivity contribution in [2.45, 2.75) is 119 Å². The predicted molar refractivity (Wildman–Crippen MR) is 136 cm³/mol. The van der Waals surface area contributed by atoms with Crippen molar-refractivity contribution in [2.24, 2.45) is 55.4 Å². The minimum absolute atomic E-state index is 0.0562. The molecule has 3 unspecified atom stereocenters. The largest absolute Gasteiger partial charge is 0.481 e. The quantitative estimate of drug-likeness (QED) is 0.329. The summed E-state index contributed by atoms with van der Waals surface area (Å²) in [6.07, 6.45) is 12.6. The Labute approximate surface area is 206 Å². The lowest BCUT2D eigenvalue weighted by molar-refractivity contribution is -0.190. The van der Waals surface area contributed by atoms with Crippen molar-refractivity contribution >= 4 is 5.97 Å². The molecule has 8 atom stereocenters. The van der Waals surface area contributed by atoms with Crippen LogP contribution in [-0.2, 0) is 4.79 Å². The number of nitrogens with zero attached hydrogens (tertiary/aromatic N) is 1. The Bertz CT molecular complexity index is 935. The molecule has 0 aromatic heterocycles. The summed E-state index contributed by atoms with van der Waals surface area (Å²) in [5.41, 5.74) is 1.51. The molecule has 4 saturated carbocycles. The molecule has 5 aliphatic rings. The first-order chi connectivity index (χ1) is 15.7. The van der Waals surface area contributed by atoms with Gasteiger partial charge in [0.05, 0.1) is 11.5 Å². The van der Waals surface area contributed by atoms with Gasteiger partial charge in [-0.15, -0.1) is 0 Å². The van der Waals surface area contributed by atoms with Gasteiger partial charge in [-0.2, -0.15) is 4.91 Å². The lowest BCUT2D eigenvalue weighted by Crippen LogP contribution is -2.65. The number of carbonyl (C=O) groups is 1. The molecule has 1 N–H and O–H groups in total. The second-order valence-electron chi connectivity index (χ2n) is 15.2. The van der Waals surface area contributed by atoms with Gasteiger partial charge in [-0.1, -0.05) is 65.3 Å². The number of carboxylic acid groups (broad SMARTS) is 1. The number of fused-ring (bicyclic) bond motifs is 7. The molecule has 5 rings (SSSR count). The van der Waals surface area contributed by atoms with Crippen LogP contribution in [-0.4, -0.2) is 17.1 Å². The third-order valence-electron chi connectivity index (χ3n) is 13.2. The normalized spacial score (nSPS) is 51.1. The number of nitroso groups, excluding NO2 is 1. The standard InChI is InChI=1S/C30H47NO3/c1-25(2)14-16-30(24(32)33)17-15-28(6)19(20(30)18-25)8-9-22-27(5)12-11-23(31-34)26(3,4)21(27)10-13-29(22,28)7/h8,20-23H,9-18H2,1-7H3,(H,32,33)/t20-,21?,22?,23?,27-,28+,29+,30-/m0/s1. The zero-order valence-electron chi connectivity index (χ0n) is 22.7. The fourth-order valence-corrected chi connectivity index (χ4v) is 10.8. The summed E-state index contributed by atoms with van der Waals surface area (Å²) < 4.78 is 0. The lowest BCUT2D eigenvalue weighted by Gasteiger charge is -2.71. The Balaban J connectivity index is 1.59. The first kappa shape index (κ1) is 24.5. The van der Waals surface area contributed by atoms with Gasteiger partial charge in [-0.05, 0) is 109 Å². The van der Waals surface area contributed by atoms with Crippen molar-refractivity contribution in [1.29, 1.82) is 0 Å². The first-order valence-electron chi connectivity index (χ1n) is 13.9. The second-order valence-corrected chi connectivity index (χ2v) is 15.2. The van der Waals surface area contributed by atoms with Crippen molar-refractivity contribution in [3.05, 3.63) is 16.6 Å². The molecule has 34 heavy (non-hydrogen) atoms. The van der Waals surface area contributed by atoms with Gasteiger partial charge in [0, 0.05) is 0 Å². The zero-order valence-corrected chi connectivity index (χ0v) is 22.7. The lowest BCUT2D eigenvalue weighted by atomic mass is 9.33. The molecule has 4 heteroatoms. The average molecular weight is 470 g/mol. The minimum atomic E-state index is -0.569. The smallest absolute Gasteiger partial charge is 0.310 e. The molecule has 0 radical (unpaired) electrons. The molecular formula is C30H47NO3. The summed E-state index contributed by atoms with van der Waals surface area (Å²) in [5, 5.41) is 14.1. The van der Waals surface area contributed by atoms with Gasteiger partial charge in [-0.3, -0.25) is 4.79 Å². The van der Waals surface area contributed by atoms with Crippen LogP contribution < -0.4 is 0 Å². The molecule has 0 spiro atoms. The van der Waals surface area contributed by atoms with Crippen LogP contribution in [0, 0.1) is 55.2 Å². The van der Waals surface area contributed by atoms with Crippen molar-refractivity contribution in [1.82, 2.24) is 0 Å². The van der Waals surface area contributed by atoms with E-state index in [4.69, 9.17) is 0 Å². The Kier molecular flexibility index (Phi) is 5.18. The molecule has 0 aromatic carbocycles. The van der Waals surface area contributed by atoms with Crippen molar-refractivity contribution < 1.29 is 9.90 Å². The highest BCUT2D eigenvalue weighted by atomic mass is 16.4. The minimum Gasteiger partial charge on any atom is -0.481 e. The fourth-order valence-electron chi connectivity index (χ4n) is 10.8. The molecule has 0 amide bonds. The molecule has 0 aromatic rings. The van der Waals surface area contributed by atoms with Crippen molar-refractivity contribution in [3.8, 4) is 0 Å². The molecule has 0 saturated heterocycles. The van der Waals surface area contributed by atoms with E-state index in [1.54, 1.807) is 0 Å². The van der Waals surface area contributed by atoms with E-state index in [1.165, 1.54) is 12.0 Å². The number of allylic oxidation sites excluding steroid dienone is 2. The van der Waals surface area contributed by atoms with E-state index in [1.807, 2.05) is 0 Å². The van der Waals surface area contributed by atoms with Crippen LogP contribution >= 0.6 is 0 Å². The molecule has 0 aliphatic heterocycles. The maximum Gasteiger partial charge on any atom is 0.310 e. The molecule has 4 fully saturated rings. The maximum absolute atomic E-state index is 12.8. The summed E-state index contributed by atoms with van der Waals surface area (Å²) in [5.74, 6) is 0.708. The Morgan fingerprint density at radius 2 is 1.59 bits per heavy atom. The molecule has 4 nitrogen and oxygen atoms in total. The molecule has 0 bridgehead atoms.